The van der Waals surface area contributed by atoms with E-state index >= 15 is 0 Å². The SMILES string of the molecule is CC(C)CCSc1nc2c(c(=O)[nH]1)C(c1ccccc1F)C1=C(CCCC1=O)N2. The minimum atomic E-state index is -0.735. The molecule has 0 saturated heterocycles. The first-order chi connectivity index (χ1) is 14.0. The summed E-state index contributed by atoms with van der Waals surface area (Å²) in [4.78, 5) is 33.3. The minimum Gasteiger partial charge on any atom is -0.343 e. The van der Waals surface area contributed by atoms with E-state index in [0.717, 1.165) is 24.3 Å². The molecule has 2 aromatic rings. The lowest BCUT2D eigenvalue weighted by Crippen LogP contribution is -2.33. The van der Waals surface area contributed by atoms with E-state index in [1.807, 2.05) is 0 Å². The molecular formula is C22H24FN3O2S. The number of aromatic amines is 1. The van der Waals surface area contributed by atoms with Crippen molar-refractivity contribution in [3.8, 4) is 0 Å². The average molecular weight is 414 g/mol. The molecule has 0 spiro atoms. The molecule has 0 bridgehead atoms. The van der Waals surface area contributed by atoms with Crippen LogP contribution in [0, 0.1) is 11.7 Å². The summed E-state index contributed by atoms with van der Waals surface area (Å²) in [5.74, 6) is 0.653. The van der Waals surface area contributed by atoms with Gasteiger partial charge in [0.05, 0.1) is 11.5 Å². The molecular weight excluding hydrogens is 389 g/mol. The predicted octanol–water partition coefficient (Wildman–Crippen LogP) is 4.61. The van der Waals surface area contributed by atoms with Gasteiger partial charge in [0.2, 0.25) is 0 Å². The van der Waals surface area contributed by atoms with Crippen molar-refractivity contribution in [2.75, 3.05) is 11.1 Å². The number of thioether (sulfide) groups is 1. The molecule has 1 unspecified atom stereocenters. The van der Waals surface area contributed by atoms with Gasteiger partial charge in [-0.2, -0.15) is 0 Å². The lowest BCUT2D eigenvalue weighted by atomic mass is 9.76. The Bertz CT molecular complexity index is 1040. The van der Waals surface area contributed by atoms with Gasteiger partial charge in [-0.15, -0.1) is 0 Å². The maximum atomic E-state index is 14.7. The second-order valence-corrected chi connectivity index (χ2v) is 9.00. The van der Waals surface area contributed by atoms with E-state index in [-0.39, 0.29) is 11.3 Å². The number of nitrogens with one attached hydrogen (secondary N) is 2. The van der Waals surface area contributed by atoms with E-state index < -0.39 is 11.7 Å². The molecule has 2 heterocycles. The van der Waals surface area contributed by atoms with Crippen molar-refractivity contribution in [1.82, 2.24) is 9.97 Å². The molecule has 1 aromatic carbocycles. The zero-order valence-corrected chi connectivity index (χ0v) is 17.4. The molecule has 2 N–H and O–H groups in total. The van der Waals surface area contributed by atoms with Gasteiger partial charge in [-0.1, -0.05) is 43.8 Å². The summed E-state index contributed by atoms with van der Waals surface area (Å²) in [5.41, 5.74) is 1.59. The van der Waals surface area contributed by atoms with Crippen molar-refractivity contribution in [3.63, 3.8) is 0 Å². The Morgan fingerprint density at radius 3 is 2.79 bits per heavy atom. The second-order valence-electron chi connectivity index (χ2n) is 7.91. The van der Waals surface area contributed by atoms with Crippen LogP contribution in [0.1, 0.15) is 56.6 Å². The first-order valence-corrected chi connectivity index (χ1v) is 11.0. The number of hydrogen-bond acceptors (Lipinski definition) is 5. The molecule has 0 radical (unpaired) electrons. The zero-order chi connectivity index (χ0) is 20.5. The molecule has 1 aromatic heterocycles. The first-order valence-electron chi connectivity index (χ1n) is 10.0. The van der Waals surface area contributed by atoms with Crippen molar-refractivity contribution in [2.24, 2.45) is 5.92 Å². The topological polar surface area (TPSA) is 74.8 Å². The second kappa shape index (κ2) is 8.14. The van der Waals surface area contributed by atoms with E-state index in [0.29, 0.717) is 46.4 Å². The number of halogens is 1. The summed E-state index contributed by atoms with van der Waals surface area (Å²) in [6, 6.07) is 6.34. The van der Waals surface area contributed by atoms with Gasteiger partial charge in [0.1, 0.15) is 11.6 Å². The fourth-order valence-corrected chi connectivity index (χ4v) is 5.02. The summed E-state index contributed by atoms with van der Waals surface area (Å²) in [7, 11) is 0. The van der Waals surface area contributed by atoms with E-state index in [2.05, 4.69) is 29.1 Å². The number of H-pyrrole nitrogens is 1. The Morgan fingerprint density at radius 1 is 1.24 bits per heavy atom. The van der Waals surface area contributed by atoms with Crippen molar-refractivity contribution in [2.45, 2.75) is 50.6 Å². The van der Waals surface area contributed by atoms with Crippen LogP contribution in [0.15, 0.2) is 45.5 Å². The Labute approximate surface area is 173 Å². The van der Waals surface area contributed by atoms with Crippen LogP contribution in [0.25, 0.3) is 0 Å². The smallest absolute Gasteiger partial charge is 0.257 e. The molecule has 1 atom stereocenters. The minimum absolute atomic E-state index is 0.0348. The molecule has 4 rings (SSSR count). The van der Waals surface area contributed by atoms with E-state index in [9.17, 15) is 14.0 Å². The lowest BCUT2D eigenvalue weighted by molar-refractivity contribution is -0.116. The number of Topliss-reactive ketones (excluding diaryl/α,β-unsaturated/α-hetero) is 1. The fraction of sp³-hybridized carbons (Fsp3) is 0.409. The number of ketones is 1. The van der Waals surface area contributed by atoms with Gasteiger partial charge in [-0.05, 0) is 31.2 Å². The number of carbonyl (C=O) groups excluding carboxylic acids is 1. The monoisotopic (exact) mass is 413 g/mol. The number of allylic oxidation sites excluding steroid dienone is 2. The first kappa shape index (κ1) is 19.9. The summed E-state index contributed by atoms with van der Waals surface area (Å²) < 4.78 is 14.7. The third-order valence-electron chi connectivity index (χ3n) is 5.39. The lowest BCUT2D eigenvalue weighted by Gasteiger charge is -2.32. The van der Waals surface area contributed by atoms with Gasteiger partial charge < -0.3 is 10.3 Å². The Morgan fingerprint density at radius 2 is 2.03 bits per heavy atom. The number of hydrogen-bond donors (Lipinski definition) is 2. The van der Waals surface area contributed by atoms with E-state index in [1.54, 1.807) is 18.2 Å². The molecule has 2 aliphatic rings. The Hall–Kier alpha value is -2.41. The number of rotatable bonds is 5. The van der Waals surface area contributed by atoms with Crippen LogP contribution in [-0.4, -0.2) is 21.5 Å². The highest BCUT2D eigenvalue weighted by Crippen LogP contribution is 2.44. The van der Waals surface area contributed by atoms with Gasteiger partial charge in [0.25, 0.3) is 5.56 Å². The summed E-state index contributed by atoms with van der Waals surface area (Å²) in [6.45, 7) is 4.30. The third-order valence-corrected chi connectivity index (χ3v) is 6.29. The van der Waals surface area contributed by atoms with Crippen LogP contribution in [-0.2, 0) is 4.79 Å². The molecule has 7 heteroatoms. The Balaban J connectivity index is 1.82. The van der Waals surface area contributed by atoms with E-state index in [4.69, 9.17) is 0 Å². The molecule has 152 valence electrons. The van der Waals surface area contributed by atoms with Crippen molar-refractivity contribution in [3.05, 3.63) is 62.8 Å². The highest BCUT2D eigenvalue weighted by molar-refractivity contribution is 7.99. The number of aromatic nitrogens is 2. The molecule has 0 amide bonds. The van der Waals surface area contributed by atoms with Crippen LogP contribution < -0.4 is 10.9 Å². The number of fused-ring (bicyclic) bond motifs is 1. The molecule has 5 nitrogen and oxygen atoms in total. The van der Waals surface area contributed by atoms with Crippen molar-refractivity contribution in [1.29, 1.82) is 0 Å². The number of carbonyl (C=O) groups is 1. The summed E-state index contributed by atoms with van der Waals surface area (Å²) in [5, 5.41) is 3.76. The van der Waals surface area contributed by atoms with Gasteiger partial charge in [-0.3, -0.25) is 9.59 Å². The highest BCUT2D eigenvalue weighted by Gasteiger charge is 2.38. The average Bonchev–Trinajstić information content (AvgIpc) is 2.67. The number of anilines is 1. The van der Waals surface area contributed by atoms with E-state index in [1.165, 1.54) is 17.8 Å². The van der Waals surface area contributed by atoms with Crippen LogP contribution >= 0.6 is 11.8 Å². The fourth-order valence-electron chi connectivity index (χ4n) is 3.92. The number of nitrogens with zero attached hydrogens (tertiary/aromatic N) is 1. The van der Waals surface area contributed by atoms with Gasteiger partial charge in [0.15, 0.2) is 10.9 Å². The van der Waals surface area contributed by atoms with Crippen LogP contribution in [0.3, 0.4) is 0 Å². The molecule has 1 aliphatic heterocycles. The van der Waals surface area contributed by atoms with Crippen LogP contribution in [0.4, 0.5) is 10.2 Å². The molecule has 1 aliphatic carbocycles. The zero-order valence-electron chi connectivity index (χ0n) is 16.5. The predicted molar refractivity (Wildman–Crippen MR) is 113 cm³/mol. The largest absolute Gasteiger partial charge is 0.343 e. The molecule has 0 saturated carbocycles. The Kier molecular flexibility index (Phi) is 5.58. The highest BCUT2D eigenvalue weighted by atomic mass is 32.2. The van der Waals surface area contributed by atoms with Gasteiger partial charge >= 0.3 is 0 Å². The van der Waals surface area contributed by atoms with Crippen molar-refractivity contribution >= 4 is 23.4 Å². The third kappa shape index (κ3) is 3.88. The normalized spacial score (nSPS) is 18.5. The maximum absolute atomic E-state index is 14.7. The van der Waals surface area contributed by atoms with Crippen molar-refractivity contribution < 1.29 is 9.18 Å². The van der Waals surface area contributed by atoms with Gasteiger partial charge in [0, 0.05) is 29.0 Å². The molecule has 29 heavy (non-hydrogen) atoms. The molecule has 0 fully saturated rings. The maximum Gasteiger partial charge on any atom is 0.257 e. The standard InChI is InChI=1S/C22H24FN3O2S/c1-12(2)10-11-29-22-25-20-19(21(28)26-22)17(13-6-3-4-7-14(13)23)18-15(24-20)8-5-9-16(18)27/h3-4,6-7,12,17H,5,8-11H2,1-2H3,(H2,24,25,26,28). The summed E-state index contributed by atoms with van der Waals surface area (Å²) in [6.07, 6.45) is 2.86. The van der Waals surface area contributed by atoms with Crippen LogP contribution in [0.5, 0.6) is 0 Å². The quantitative estimate of drug-likeness (QED) is 0.553. The number of benzene rings is 1. The van der Waals surface area contributed by atoms with Gasteiger partial charge in [-0.25, -0.2) is 9.37 Å². The van der Waals surface area contributed by atoms with Crippen LogP contribution in [0.2, 0.25) is 0 Å². The summed E-state index contributed by atoms with van der Waals surface area (Å²) >= 11 is 1.50.